The number of amides is 1. The molecule has 0 unspecified atom stereocenters. The second-order valence-electron chi connectivity index (χ2n) is 4.02. The van der Waals surface area contributed by atoms with Crippen molar-refractivity contribution in [1.29, 1.82) is 0 Å². The summed E-state index contributed by atoms with van der Waals surface area (Å²) in [6, 6.07) is 3.41. The lowest BCUT2D eigenvalue weighted by Gasteiger charge is -2.06. The van der Waals surface area contributed by atoms with Gasteiger partial charge in [-0.2, -0.15) is 0 Å². The number of hydrogen-bond donors (Lipinski definition) is 3. The van der Waals surface area contributed by atoms with E-state index in [9.17, 15) is 9.90 Å². The van der Waals surface area contributed by atoms with Crippen LogP contribution in [-0.2, 0) is 11.3 Å². The first-order valence-electron chi connectivity index (χ1n) is 5.74. The summed E-state index contributed by atoms with van der Waals surface area (Å²) in [4.78, 5) is 14.7. The van der Waals surface area contributed by atoms with Crippen LogP contribution in [0.4, 0.5) is 0 Å². The van der Waals surface area contributed by atoms with Gasteiger partial charge in [0.15, 0.2) is 0 Å². The molecule has 0 saturated carbocycles. The summed E-state index contributed by atoms with van der Waals surface area (Å²) in [5.41, 5.74) is 6.57. The maximum Gasteiger partial charge on any atom is 0.217 e. The number of primary amides is 1. The van der Waals surface area contributed by atoms with Crippen LogP contribution in [0.5, 0.6) is 5.75 Å². The number of nitrogens with zero attached hydrogens (tertiary/aromatic N) is 1. The van der Waals surface area contributed by atoms with Gasteiger partial charge in [0.2, 0.25) is 5.91 Å². The number of aromatic nitrogens is 1. The Labute approximate surface area is 101 Å². The predicted molar refractivity (Wildman–Crippen MR) is 65.4 cm³/mol. The number of unbranched alkanes of at least 4 members (excludes halogenated alkanes) is 1. The number of nitrogens with two attached hydrogens (primary N) is 1. The molecule has 0 bridgehead atoms. The lowest BCUT2D eigenvalue weighted by Crippen LogP contribution is -2.17. The summed E-state index contributed by atoms with van der Waals surface area (Å²) in [6.07, 6.45) is 2.10. The molecule has 1 rings (SSSR count). The van der Waals surface area contributed by atoms with E-state index in [2.05, 4.69) is 10.3 Å². The molecule has 0 spiro atoms. The second kappa shape index (κ2) is 6.85. The summed E-state index contributed by atoms with van der Waals surface area (Å²) in [7, 11) is 0. The Kier molecular flexibility index (Phi) is 5.42. The van der Waals surface area contributed by atoms with Crippen LogP contribution >= 0.6 is 0 Å². The van der Waals surface area contributed by atoms with Crippen LogP contribution in [-0.4, -0.2) is 22.5 Å². The topological polar surface area (TPSA) is 88.2 Å². The summed E-state index contributed by atoms with van der Waals surface area (Å²) in [5, 5.41) is 12.7. The molecule has 0 aromatic carbocycles. The highest BCUT2D eigenvalue weighted by molar-refractivity contribution is 5.73. The molecular weight excluding hydrogens is 218 g/mol. The van der Waals surface area contributed by atoms with Crippen LogP contribution in [0.3, 0.4) is 0 Å². The minimum Gasteiger partial charge on any atom is -0.506 e. The molecule has 4 N–H and O–H groups in total. The fourth-order valence-electron chi connectivity index (χ4n) is 1.49. The quantitative estimate of drug-likeness (QED) is 0.613. The van der Waals surface area contributed by atoms with Crippen molar-refractivity contribution in [2.24, 2.45) is 5.73 Å². The number of carbonyl (C=O) groups excluding carboxylic acids is 1. The van der Waals surface area contributed by atoms with Crippen molar-refractivity contribution in [2.45, 2.75) is 32.7 Å². The van der Waals surface area contributed by atoms with Crippen LogP contribution in [0.2, 0.25) is 0 Å². The predicted octanol–water partition coefficient (Wildman–Crippen LogP) is 0.841. The van der Waals surface area contributed by atoms with Gasteiger partial charge in [-0.25, -0.2) is 0 Å². The fourth-order valence-corrected chi connectivity index (χ4v) is 1.49. The summed E-state index contributed by atoms with van der Waals surface area (Å²) < 4.78 is 0. The molecule has 0 aliphatic carbocycles. The van der Waals surface area contributed by atoms with Gasteiger partial charge in [0.25, 0.3) is 0 Å². The molecule has 0 radical (unpaired) electrons. The van der Waals surface area contributed by atoms with Gasteiger partial charge in [-0.15, -0.1) is 0 Å². The zero-order valence-corrected chi connectivity index (χ0v) is 10.1. The number of pyridine rings is 1. The van der Waals surface area contributed by atoms with E-state index in [-0.39, 0.29) is 11.7 Å². The van der Waals surface area contributed by atoms with Crippen molar-refractivity contribution < 1.29 is 9.90 Å². The number of rotatable bonds is 7. The number of nitrogens with one attached hydrogen (secondary N) is 1. The first-order chi connectivity index (χ1) is 8.09. The van der Waals surface area contributed by atoms with Gasteiger partial charge < -0.3 is 16.2 Å². The molecule has 17 heavy (non-hydrogen) atoms. The van der Waals surface area contributed by atoms with Crippen LogP contribution in [0.1, 0.15) is 30.7 Å². The third-order valence-electron chi connectivity index (χ3n) is 2.41. The summed E-state index contributed by atoms with van der Waals surface area (Å²) >= 11 is 0. The van der Waals surface area contributed by atoms with E-state index in [1.165, 1.54) is 0 Å². The molecule has 1 aromatic rings. The Hall–Kier alpha value is -1.62. The minimum atomic E-state index is -0.261. The highest BCUT2D eigenvalue weighted by Crippen LogP contribution is 2.13. The maximum absolute atomic E-state index is 10.5. The van der Waals surface area contributed by atoms with E-state index in [0.29, 0.717) is 18.7 Å². The van der Waals surface area contributed by atoms with E-state index in [0.717, 1.165) is 25.1 Å². The van der Waals surface area contributed by atoms with Crippen molar-refractivity contribution in [1.82, 2.24) is 10.3 Å². The Morgan fingerprint density at radius 1 is 1.47 bits per heavy atom. The van der Waals surface area contributed by atoms with Gasteiger partial charge in [-0.3, -0.25) is 9.78 Å². The Morgan fingerprint density at radius 2 is 2.24 bits per heavy atom. The van der Waals surface area contributed by atoms with Crippen LogP contribution < -0.4 is 11.1 Å². The highest BCUT2D eigenvalue weighted by Gasteiger charge is 2.02. The lowest BCUT2D eigenvalue weighted by atomic mass is 10.2. The van der Waals surface area contributed by atoms with Gasteiger partial charge in [-0.1, -0.05) is 0 Å². The Morgan fingerprint density at radius 3 is 2.94 bits per heavy atom. The molecule has 1 amide bonds. The third kappa shape index (κ3) is 5.31. The fraction of sp³-hybridized carbons (Fsp3) is 0.500. The molecule has 94 valence electrons. The molecule has 0 fully saturated rings. The number of aromatic hydroxyl groups is 1. The molecule has 0 aliphatic rings. The van der Waals surface area contributed by atoms with Crippen LogP contribution in [0.15, 0.2) is 12.1 Å². The van der Waals surface area contributed by atoms with E-state index in [1.807, 2.05) is 6.92 Å². The molecule has 0 aliphatic heterocycles. The van der Waals surface area contributed by atoms with E-state index < -0.39 is 0 Å². The summed E-state index contributed by atoms with van der Waals surface area (Å²) in [5.74, 6) is -0.0526. The lowest BCUT2D eigenvalue weighted by molar-refractivity contribution is -0.118. The number of hydrogen-bond acceptors (Lipinski definition) is 4. The second-order valence-corrected chi connectivity index (χ2v) is 4.02. The monoisotopic (exact) mass is 237 g/mol. The molecule has 0 saturated heterocycles. The first kappa shape index (κ1) is 13.4. The minimum absolute atomic E-state index is 0.209. The first-order valence-corrected chi connectivity index (χ1v) is 5.74. The molecule has 1 aromatic heterocycles. The number of carbonyl (C=O) groups is 1. The van der Waals surface area contributed by atoms with Gasteiger partial charge in [0, 0.05) is 18.7 Å². The van der Waals surface area contributed by atoms with Crippen molar-refractivity contribution in [3.8, 4) is 5.75 Å². The zero-order valence-electron chi connectivity index (χ0n) is 10.1. The van der Waals surface area contributed by atoms with Gasteiger partial charge in [0.1, 0.15) is 5.75 Å². The van der Waals surface area contributed by atoms with Crippen LogP contribution in [0, 0.1) is 6.92 Å². The maximum atomic E-state index is 10.5. The van der Waals surface area contributed by atoms with Crippen molar-refractivity contribution >= 4 is 5.91 Å². The highest BCUT2D eigenvalue weighted by atomic mass is 16.3. The Bertz CT molecular complexity index is 380. The molecule has 0 atom stereocenters. The normalized spacial score (nSPS) is 10.4. The van der Waals surface area contributed by atoms with Crippen LogP contribution in [0.25, 0.3) is 0 Å². The van der Waals surface area contributed by atoms with E-state index in [1.54, 1.807) is 12.1 Å². The number of aryl methyl sites for hydroxylation is 1. The summed E-state index contributed by atoms with van der Waals surface area (Å²) in [6.45, 7) is 3.20. The largest absolute Gasteiger partial charge is 0.506 e. The standard InChI is InChI=1S/C12H19N3O2/c1-9-5-6-11(16)10(15-9)8-14-7-3-2-4-12(13)17/h5-6,14,16H,2-4,7-8H2,1H3,(H2,13,17). The molecular formula is C12H19N3O2. The van der Waals surface area contributed by atoms with Crippen molar-refractivity contribution in [3.63, 3.8) is 0 Å². The van der Waals surface area contributed by atoms with Gasteiger partial charge >= 0.3 is 0 Å². The Balaban J connectivity index is 2.22. The van der Waals surface area contributed by atoms with Gasteiger partial charge in [0.05, 0.1) is 5.69 Å². The SMILES string of the molecule is Cc1ccc(O)c(CNCCCCC(N)=O)n1. The average Bonchev–Trinajstić information content (AvgIpc) is 2.27. The van der Waals surface area contributed by atoms with E-state index in [4.69, 9.17) is 5.73 Å². The zero-order chi connectivity index (χ0) is 12.7. The van der Waals surface area contributed by atoms with Gasteiger partial charge in [-0.05, 0) is 38.4 Å². The molecule has 5 heteroatoms. The third-order valence-corrected chi connectivity index (χ3v) is 2.41. The van der Waals surface area contributed by atoms with Crippen molar-refractivity contribution in [3.05, 3.63) is 23.5 Å². The van der Waals surface area contributed by atoms with Crippen molar-refractivity contribution in [2.75, 3.05) is 6.54 Å². The van der Waals surface area contributed by atoms with E-state index >= 15 is 0 Å². The molecule has 5 nitrogen and oxygen atoms in total. The smallest absolute Gasteiger partial charge is 0.217 e. The molecule has 1 heterocycles. The average molecular weight is 237 g/mol.